The zero-order chi connectivity index (χ0) is 17.1. The predicted molar refractivity (Wildman–Crippen MR) is 94.1 cm³/mol. The summed E-state index contributed by atoms with van der Waals surface area (Å²) < 4.78 is 12.9. The molecule has 1 unspecified atom stereocenters. The molecule has 0 saturated carbocycles. The van der Waals surface area contributed by atoms with Gasteiger partial charge in [0.25, 0.3) is 0 Å². The number of anilines is 1. The molecule has 6 nitrogen and oxygen atoms in total. The first-order chi connectivity index (χ1) is 11.5. The molecule has 3 rings (SSSR count). The topological polar surface area (TPSA) is 71.0 Å². The highest BCUT2D eigenvalue weighted by Crippen LogP contribution is 2.32. The number of carbonyl (C=O) groups excluding carboxylic acids is 1. The maximum atomic E-state index is 12.9. The molecule has 0 aromatic carbocycles. The van der Waals surface area contributed by atoms with E-state index in [-0.39, 0.29) is 5.91 Å². The van der Waals surface area contributed by atoms with E-state index in [1.165, 1.54) is 30.7 Å². The third kappa shape index (κ3) is 4.53. The first kappa shape index (κ1) is 17.3. The van der Waals surface area contributed by atoms with Crippen LogP contribution in [0.3, 0.4) is 0 Å². The number of aromatic nitrogens is 3. The van der Waals surface area contributed by atoms with Crippen molar-refractivity contribution < 1.29 is 9.18 Å². The molecule has 1 N–H and O–H groups in total. The number of likely N-dealkylation sites (tertiary alicyclic amines) is 1. The predicted octanol–water partition coefficient (Wildman–Crippen LogP) is 2.30. The largest absolute Gasteiger partial charge is 0.302 e. The highest BCUT2D eigenvalue weighted by molar-refractivity contribution is 7.17. The molecule has 128 valence electrons. The normalized spacial score (nSPS) is 21.1. The van der Waals surface area contributed by atoms with Crippen molar-refractivity contribution in [3.05, 3.63) is 35.1 Å². The molecule has 2 aromatic rings. The second-order valence-corrected chi connectivity index (χ2v) is 7.82. The number of nitrogens with one attached hydrogen (secondary N) is 1. The Morgan fingerprint density at radius 2 is 2.17 bits per heavy atom. The minimum absolute atomic E-state index is 0.111. The third-order valence-corrected chi connectivity index (χ3v) is 5.47. The second kappa shape index (κ2) is 7.59. The number of amides is 1. The van der Waals surface area contributed by atoms with Gasteiger partial charge in [0.1, 0.15) is 5.82 Å². The average Bonchev–Trinajstić information content (AvgIpc) is 3.08. The van der Waals surface area contributed by atoms with Gasteiger partial charge >= 0.3 is 0 Å². The van der Waals surface area contributed by atoms with Crippen LogP contribution in [0.25, 0.3) is 0 Å². The number of nitrogens with zero attached hydrogens (tertiary/aromatic N) is 4. The van der Waals surface area contributed by atoms with Gasteiger partial charge in [0.15, 0.2) is 10.9 Å². The van der Waals surface area contributed by atoms with Crippen molar-refractivity contribution in [1.29, 1.82) is 0 Å². The molecule has 2 aromatic heterocycles. The van der Waals surface area contributed by atoms with Crippen LogP contribution in [-0.2, 0) is 17.8 Å². The van der Waals surface area contributed by atoms with Crippen molar-refractivity contribution in [2.45, 2.75) is 32.1 Å². The lowest BCUT2D eigenvalue weighted by Crippen LogP contribution is -2.24. The first-order valence-corrected chi connectivity index (χ1v) is 9.16. The van der Waals surface area contributed by atoms with Gasteiger partial charge in [-0.25, -0.2) is 19.3 Å². The van der Waals surface area contributed by atoms with Crippen LogP contribution < -0.4 is 5.32 Å². The van der Waals surface area contributed by atoms with Gasteiger partial charge in [-0.15, -0.1) is 20.6 Å². The maximum absolute atomic E-state index is 12.9. The Morgan fingerprint density at radius 1 is 1.42 bits per heavy atom. The average molecular weight is 367 g/mol. The molecule has 0 radical (unpaired) electrons. The summed E-state index contributed by atoms with van der Waals surface area (Å²) in [4.78, 5) is 26.9. The van der Waals surface area contributed by atoms with Crippen LogP contribution in [0.1, 0.15) is 24.0 Å². The molecule has 3 heterocycles. The summed E-state index contributed by atoms with van der Waals surface area (Å²) in [5.41, 5.74) is 0. The van der Waals surface area contributed by atoms with E-state index in [0.29, 0.717) is 22.7 Å². The molecule has 9 heteroatoms. The minimum Gasteiger partial charge on any atom is -0.302 e. The summed E-state index contributed by atoms with van der Waals surface area (Å²) in [5, 5.41) is 3.34. The molecule has 1 saturated heterocycles. The van der Waals surface area contributed by atoms with Gasteiger partial charge in [0, 0.05) is 43.3 Å². The quantitative estimate of drug-likeness (QED) is 0.821. The number of hydrogen-bond donors (Lipinski definition) is 1. The van der Waals surface area contributed by atoms with Crippen LogP contribution in [-0.4, -0.2) is 38.1 Å². The summed E-state index contributed by atoms with van der Waals surface area (Å²) in [5.74, 6) is 0.991. The SMILES string of the molecule is CC(=O)Nc1ncc(CN2C[C@@H](Cc3ncc(F)cn3)C[C@H]2P)s1. The van der Waals surface area contributed by atoms with Crippen molar-refractivity contribution >= 4 is 31.6 Å². The lowest BCUT2D eigenvalue weighted by Gasteiger charge is -2.19. The third-order valence-electron chi connectivity index (χ3n) is 3.88. The second-order valence-electron chi connectivity index (χ2n) is 5.93. The van der Waals surface area contributed by atoms with Gasteiger partial charge < -0.3 is 5.32 Å². The van der Waals surface area contributed by atoms with Crippen molar-refractivity contribution in [3.8, 4) is 0 Å². The van der Waals surface area contributed by atoms with E-state index >= 15 is 0 Å². The van der Waals surface area contributed by atoms with E-state index < -0.39 is 5.82 Å². The molecule has 1 aliphatic heterocycles. The Morgan fingerprint density at radius 3 is 2.88 bits per heavy atom. The first-order valence-electron chi connectivity index (χ1n) is 7.68. The minimum atomic E-state index is -0.407. The lowest BCUT2D eigenvalue weighted by atomic mass is 10.0. The molecule has 3 atom stereocenters. The van der Waals surface area contributed by atoms with Gasteiger partial charge in [-0.1, -0.05) is 0 Å². The standard InChI is InChI=1S/C15H19FN5OPS/c1-9(22)20-15-19-6-12(24-15)8-21-7-10(3-14(21)23)2-13-17-4-11(16)5-18-13/h4-6,10,14H,2-3,7-8,23H2,1H3,(H,19,20,22)/t10-,14+/m0/s1. The van der Waals surface area contributed by atoms with Crippen molar-refractivity contribution in [3.63, 3.8) is 0 Å². The summed E-state index contributed by atoms with van der Waals surface area (Å²) in [7, 11) is 2.88. The Labute approximate surface area is 146 Å². The summed E-state index contributed by atoms with van der Waals surface area (Å²) in [6.07, 6.45) is 6.02. The summed E-state index contributed by atoms with van der Waals surface area (Å²) >= 11 is 1.50. The number of rotatable bonds is 5. The van der Waals surface area contributed by atoms with Gasteiger partial charge in [-0.3, -0.25) is 9.69 Å². The van der Waals surface area contributed by atoms with E-state index in [9.17, 15) is 9.18 Å². The zero-order valence-electron chi connectivity index (χ0n) is 13.3. The Balaban J connectivity index is 1.56. The summed E-state index contributed by atoms with van der Waals surface area (Å²) in [6, 6.07) is 0. The Kier molecular flexibility index (Phi) is 5.48. The van der Waals surface area contributed by atoms with Crippen LogP contribution in [0.2, 0.25) is 0 Å². The van der Waals surface area contributed by atoms with Gasteiger partial charge in [0.2, 0.25) is 5.91 Å². The highest BCUT2D eigenvalue weighted by atomic mass is 32.1. The monoisotopic (exact) mass is 367 g/mol. The van der Waals surface area contributed by atoms with Crippen molar-refractivity contribution in [2.24, 2.45) is 5.92 Å². The van der Waals surface area contributed by atoms with Gasteiger partial charge in [0.05, 0.1) is 12.4 Å². The Hall–Kier alpha value is -1.50. The lowest BCUT2D eigenvalue weighted by molar-refractivity contribution is -0.114. The van der Waals surface area contributed by atoms with Gasteiger partial charge in [-0.2, -0.15) is 0 Å². The Bertz CT molecular complexity index is 710. The number of thiazole rings is 1. The zero-order valence-corrected chi connectivity index (χ0v) is 15.2. The van der Waals surface area contributed by atoms with Crippen molar-refractivity contribution in [1.82, 2.24) is 19.9 Å². The van der Waals surface area contributed by atoms with Crippen LogP contribution in [0.5, 0.6) is 0 Å². The fourth-order valence-electron chi connectivity index (χ4n) is 2.85. The smallest absolute Gasteiger partial charge is 0.223 e. The molecule has 0 spiro atoms. The van der Waals surface area contributed by atoms with Crippen LogP contribution >= 0.6 is 20.6 Å². The molecule has 1 aliphatic rings. The fraction of sp³-hybridized carbons (Fsp3) is 0.467. The van der Waals surface area contributed by atoms with Crippen LogP contribution in [0.4, 0.5) is 9.52 Å². The van der Waals surface area contributed by atoms with Crippen LogP contribution in [0.15, 0.2) is 18.6 Å². The van der Waals surface area contributed by atoms with Crippen LogP contribution in [0, 0.1) is 11.7 Å². The fourth-order valence-corrected chi connectivity index (χ4v) is 4.35. The van der Waals surface area contributed by atoms with Gasteiger partial charge in [-0.05, 0) is 12.3 Å². The molecular weight excluding hydrogens is 348 g/mol. The molecule has 0 bridgehead atoms. The van der Waals surface area contributed by atoms with E-state index in [4.69, 9.17) is 0 Å². The highest BCUT2D eigenvalue weighted by Gasteiger charge is 2.30. The maximum Gasteiger partial charge on any atom is 0.223 e. The molecule has 24 heavy (non-hydrogen) atoms. The van der Waals surface area contributed by atoms with E-state index in [1.54, 1.807) is 0 Å². The summed E-state index contributed by atoms with van der Waals surface area (Å²) in [6.45, 7) is 3.21. The van der Waals surface area contributed by atoms with E-state index in [0.717, 1.165) is 30.8 Å². The van der Waals surface area contributed by atoms with Crippen molar-refractivity contribution in [2.75, 3.05) is 11.9 Å². The number of halogens is 1. The molecule has 0 aliphatic carbocycles. The van der Waals surface area contributed by atoms with E-state index in [2.05, 4.69) is 34.4 Å². The number of carbonyl (C=O) groups is 1. The van der Waals surface area contributed by atoms with E-state index in [1.807, 2.05) is 6.20 Å². The molecule has 1 fully saturated rings. The molecular formula is C15H19FN5OPS. The molecule has 1 amide bonds. The number of hydrogen-bond acceptors (Lipinski definition) is 6.